The average Bonchev–Trinajstić information content (AvgIpc) is 2.84. The molecule has 0 aromatic rings. The number of rotatable bonds is 6. The predicted molar refractivity (Wildman–Crippen MR) is 61.5 cm³/mol. The molecule has 1 atom stereocenters. The fraction of sp³-hybridized carbons (Fsp3) is 0.818. The second kappa shape index (κ2) is 8.03. The van der Waals surface area contributed by atoms with Crippen molar-refractivity contribution in [2.45, 2.75) is 25.4 Å². The minimum atomic E-state index is -0.599. The Labute approximate surface area is 101 Å². The number of amides is 2. The van der Waals surface area contributed by atoms with Crippen LogP contribution in [0.1, 0.15) is 19.3 Å². The number of methoxy groups -OCH3 is 1. The molecule has 0 aromatic carbocycles. The summed E-state index contributed by atoms with van der Waals surface area (Å²) in [6.45, 7) is 2.16. The van der Waals surface area contributed by atoms with Crippen molar-refractivity contribution in [3.8, 4) is 0 Å². The lowest BCUT2D eigenvalue weighted by molar-refractivity contribution is -0.139. The number of hydrogen-bond acceptors (Lipinski definition) is 4. The maximum absolute atomic E-state index is 11.4. The zero-order chi connectivity index (χ0) is 12.5. The van der Waals surface area contributed by atoms with Crippen LogP contribution >= 0.6 is 0 Å². The van der Waals surface area contributed by atoms with E-state index in [1.807, 2.05) is 0 Å². The third-order valence-corrected chi connectivity index (χ3v) is 2.53. The molecule has 0 bridgehead atoms. The van der Waals surface area contributed by atoms with Gasteiger partial charge in [-0.1, -0.05) is 0 Å². The first-order valence-electron chi connectivity index (χ1n) is 5.90. The summed E-state index contributed by atoms with van der Waals surface area (Å²) >= 11 is 0. The third kappa shape index (κ3) is 5.65. The predicted octanol–water partition coefficient (Wildman–Crippen LogP) is -0.566. The molecule has 2 amide bonds. The van der Waals surface area contributed by atoms with E-state index in [-0.39, 0.29) is 6.10 Å². The molecule has 0 aliphatic carbocycles. The van der Waals surface area contributed by atoms with E-state index >= 15 is 0 Å². The number of nitrogens with one attached hydrogen (secondary N) is 2. The Morgan fingerprint density at radius 3 is 2.76 bits per heavy atom. The first kappa shape index (κ1) is 13.9. The standard InChI is InChI=1S/C11H20N2O4/c1-16-6-3-5-12-10(14)11(15)13-8-9-4-2-7-17-9/h9H,2-8H2,1H3,(H,12,14)(H,13,15)/t9-/m0/s1. The van der Waals surface area contributed by atoms with Gasteiger partial charge in [-0.3, -0.25) is 9.59 Å². The highest BCUT2D eigenvalue weighted by Gasteiger charge is 2.18. The van der Waals surface area contributed by atoms with Gasteiger partial charge >= 0.3 is 11.8 Å². The van der Waals surface area contributed by atoms with E-state index in [4.69, 9.17) is 9.47 Å². The Morgan fingerprint density at radius 1 is 1.35 bits per heavy atom. The Kier molecular flexibility index (Phi) is 6.57. The molecule has 0 spiro atoms. The van der Waals surface area contributed by atoms with Gasteiger partial charge in [0, 0.05) is 33.4 Å². The molecular weight excluding hydrogens is 224 g/mol. The summed E-state index contributed by atoms with van der Waals surface area (Å²) in [5.41, 5.74) is 0. The van der Waals surface area contributed by atoms with Gasteiger partial charge in [0.05, 0.1) is 6.10 Å². The summed E-state index contributed by atoms with van der Waals surface area (Å²) < 4.78 is 10.2. The lowest BCUT2D eigenvalue weighted by atomic mass is 10.2. The van der Waals surface area contributed by atoms with Crippen LogP contribution in [0.5, 0.6) is 0 Å². The molecule has 1 aliphatic heterocycles. The van der Waals surface area contributed by atoms with E-state index in [9.17, 15) is 9.59 Å². The average molecular weight is 244 g/mol. The zero-order valence-corrected chi connectivity index (χ0v) is 10.2. The van der Waals surface area contributed by atoms with E-state index in [1.54, 1.807) is 7.11 Å². The highest BCUT2D eigenvalue weighted by molar-refractivity contribution is 6.35. The highest BCUT2D eigenvalue weighted by Crippen LogP contribution is 2.10. The first-order valence-corrected chi connectivity index (χ1v) is 5.90. The second-order valence-corrected chi connectivity index (χ2v) is 3.95. The molecule has 2 N–H and O–H groups in total. The number of hydrogen-bond donors (Lipinski definition) is 2. The maximum Gasteiger partial charge on any atom is 0.309 e. The van der Waals surface area contributed by atoms with Gasteiger partial charge < -0.3 is 20.1 Å². The molecule has 1 fully saturated rings. The topological polar surface area (TPSA) is 76.7 Å². The summed E-state index contributed by atoms with van der Waals surface area (Å²) in [5.74, 6) is -1.20. The van der Waals surface area contributed by atoms with Crippen LogP contribution in [0.3, 0.4) is 0 Å². The Balaban J connectivity index is 2.07. The van der Waals surface area contributed by atoms with E-state index < -0.39 is 11.8 Å². The zero-order valence-electron chi connectivity index (χ0n) is 10.2. The van der Waals surface area contributed by atoms with Crippen LogP contribution < -0.4 is 10.6 Å². The van der Waals surface area contributed by atoms with Crippen molar-refractivity contribution < 1.29 is 19.1 Å². The van der Waals surface area contributed by atoms with Crippen molar-refractivity contribution in [2.75, 3.05) is 33.4 Å². The van der Waals surface area contributed by atoms with Gasteiger partial charge in [0.15, 0.2) is 0 Å². The lowest BCUT2D eigenvalue weighted by Gasteiger charge is -2.10. The minimum Gasteiger partial charge on any atom is -0.385 e. The Hall–Kier alpha value is -1.14. The molecule has 1 heterocycles. The molecule has 0 radical (unpaired) electrons. The minimum absolute atomic E-state index is 0.0558. The maximum atomic E-state index is 11.4. The molecular formula is C11H20N2O4. The van der Waals surface area contributed by atoms with Crippen molar-refractivity contribution in [1.82, 2.24) is 10.6 Å². The fourth-order valence-electron chi connectivity index (χ4n) is 1.59. The second-order valence-electron chi connectivity index (χ2n) is 3.95. The highest BCUT2D eigenvalue weighted by atomic mass is 16.5. The normalized spacial score (nSPS) is 19.0. The SMILES string of the molecule is COCCCNC(=O)C(=O)NC[C@@H]1CCCO1. The summed E-state index contributed by atoms with van der Waals surface area (Å²) in [6.07, 6.45) is 2.71. The lowest BCUT2D eigenvalue weighted by Crippen LogP contribution is -2.43. The summed E-state index contributed by atoms with van der Waals surface area (Å²) in [5, 5.41) is 5.08. The van der Waals surface area contributed by atoms with Gasteiger partial charge in [0.1, 0.15) is 0 Å². The smallest absolute Gasteiger partial charge is 0.309 e. The van der Waals surface area contributed by atoms with Crippen molar-refractivity contribution in [3.63, 3.8) is 0 Å². The van der Waals surface area contributed by atoms with E-state index in [1.165, 1.54) is 0 Å². The van der Waals surface area contributed by atoms with Gasteiger partial charge in [-0.2, -0.15) is 0 Å². The van der Waals surface area contributed by atoms with Gasteiger partial charge in [-0.25, -0.2) is 0 Å². The molecule has 17 heavy (non-hydrogen) atoms. The molecule has 6 heteroatoms. The van der Waals surface area contributed by atoms with Crippen LogP contribution in [0.15, 0.2) is 0 Å². The fourth-order valence-corrected chi connectivity index (χ4v) is 1.59. The summed E-state index contributed by atoms with van der Waals surface area (Å²) in [7, 11) is 1.59. The molecule has 6 nitrogen and oxygen atoms in total. The largest absolute Gasteiger partial charge is 0.385 e. The molecule has 98 valence electrons. The van der Waals surface area contributed by atoms with Crippen molar-refractivity contribution in [1.29, 1.82) is 0 Å². The van der Waals surface area contributed by atoms with Crippen LogP contribution in [0.2, 0.25) is 0 Å². The summed E-state index contributed by atoms with van der Waals surface area (Å²) in [6, 6.07) is 0. The van der Waals surface area contributed by atoms with Crippen LogP contribution in [0.4, 0.5) is 0 Å². The summed E-state index contributed by atoms with van der Waals surface area (Å²) in [4.78, 5) is 22.7. The first-order chi connectivity index (χ1) is 8.24. The van der Waals surface area contributed by atoms with E-state index in [0.29, 0.717) is 26.1 Å². The van der Waals surface area contributed by atoms with Gasteiger partial charge in [0.25, 0.3) is 0 Å². The number of carbonyl (C=O) groups is 2. The molecule has 0 unspecified atom stereocenters. The van der Waals surface area contributed by atoms with Crippen LogP contribution in [0.25, 0.3) is 0 Å². The monoisotopic (exact) mass is 244 g/mol. The number of carbonyl (C=O) groups excluding carboxylic acids is 2. The van der Waals surface area contributed by atoms with Crippen molar-refractivity contribution in [2.24, 2.45) is 0 Å². The van der Waals surface area contributed by atoms with E-state index in [2.05, 4.69) is 10.6 Å². The Morgan fingerprint density at radius 2 is 2.12 bits per heavy atom. The molecule has 1 rings (SSSR count). The van der Waals surface area contributed by atoms with Crippen LogP contribution in [-0.2, 0) is 19.1 Å². The van der Waals surface area contributed by atoms with E-state index in [0.717, 1.165) is 19.4 Å². The molecule has 1 aliphatic rings. The van der Waals surface area contributed by atoms with Gasteiger partial charge in [-0.15, -0.1) is 0 Å². The van der Waals surface area contributed by atoms with Crippen LogP contribution in [0, 0.1) is 0 Å². The third-order valence-electron chi connectivity index (χ3n) is 2.53. The van der Waals surface area contributed by atoms with Crippen LogP contribution in [-0.4, -0.2) is 51.3 Å². The van der Waals surface area contributed by atoms with Crippen molar-refractivity contribution >= 4 is 11.8 Å². The van der Waals surface area contributed by atoms with Gasteiger partial charge in [0.2, 0.25) is 0 Å². The quantitative estimate of drug-likeness (QED) is 0.485. The van der Waals surface area contributed by atoms with Gasteiger partial charge in [-0.05, 0) is 19.3 Å². The molecule has 0 aromatic heterocycles. The van der Waals surface area contributed by atoms with Crippen molar-refractivity contribution in [3.05, 3.63) is 0 Å². The number of ether oxygens (including phenoxy) is 2. The molecule has 0 saturated carbocycles. The Bertz CT molecular complexity index is 252. The molecule has 1 saturated heterocycles.